The Morgan fingerprint density at radius 2 is 1.79 bits per heavy atom. The molecule has 4 rings (SSSR count). The van der Waals surface area contributed by atoms with Crippen LogP contribution >= 0.6 is 0 Å². The van der Waals surface area contributed by atoms with E-state index in [9.17, 15) is 12.6 Å². The first kappa shape index (κ1) is 19.7. The third kappa shape index (κ3) is 3.93. The molecule has 2 atom stereocenters. The van der Waals surface area contributed by atoms with Gasteiger partial charge in [-0.05, 0) is 35.4 Å². The minimum atomic E-state index is -3.41. The van der Waals surface area contributed by atoms with Crippen LogP contribution in [0.1, 0.15) is 24.2 Å². The zero-order chi connectivity index (χ0) is 20.6. The van der Waals surface area contributed by atoms with Gasteiger partial charge in [-0.3, -0.25) is 8.93 Å². The molecule has 0 radical (unpaired) electrons. The van der Waals surface area contributed by atoms with Gasteiger partial charge in [0.25, 0.3) is 0 Å². The number of benzene rings is 3. The van der Waals surface area contributed by atoms with E-state index in [0.717, 1.165) is 33.4 Å². The molecule has 150 valence electrons. The van der Waals surface area contributed by atoms with E-state index in [1.807, 2.05) is 61.5 Å². The molecule has 1 N–H and O–H groups in total. The average Bonchev–Trinajstić information content (AvgIpc) is 2.71. The second kappa shape index (κ2) is 7.65. The van der Waals surface area contributed by atoms with Crippen LogP contribution in [0.2, 0.25) is 0 Å². The summed E-state index contributed by atoms with van der Waals surface area (Å²) in [5.41, 5.74) is 3.96. The number of fused-ring (bicyclic) bond motifs is 3. The summed E-state index contributed by atoms with van der Waals surface area (Å²) >= 11 is 0. The van der Waals surface area contributed by atoms with E-state index >= 15 is 0 Å². The first-order valence-corrected chi connectivity index (χ1v) is 12.4. The maximum absolute atomic E-state index is 12.7. The zero-order valence-corrected chi connectivity index (χ0v) is 17.7. The molecule has 29 heavy (non-hydrogen) atoms. The van der Waals surface area contributed by atoms with Gasteiger partial charge in [0.2, 0.25) is 10.0 Å². The maximum atomic E-state index is 12.7. The van der Waals surface area contributed by atoms with E-state index in [-0.39, 0.29) is 0 Å². The Morgan fingerprint density at radius 3 is 2.48 bits per heavy atom. The van der Waals surface area contributed by atoms with Crippen LogP contribution in [0.25, 0.3) is 11.1 Å². The Balaban J connectivity index is 1.95. The van der Waals surface area contributed by atoms with Crippen molar-refractivity contribution in [2.45, 2.75) is 17.9 Å². The highest BCUT2D eigenvalue weighted by Gasteiger charge is 2.30. The molecule has 1 aliphatic rings. The Labute approximate surface area is 173 Å². The van der Waals surface area contributed by atoms with E-state index in [4.69, 9.17) is 4.74 Å². The van der Waals surface area contributed by atoms with Crippen LogP contribution in [-0.4, -0.2) is 24.6 Å². The third-order valence-corrected chi connectivity index (χ3v) is 6.71. The molecule has 1 heterocycles. The van der Waals surface area contributed by atoms with Gasteiger partial charge in [-0.15, -0.1) is 0 Å². The second-order valence-electron chi connectivity index (χ2n) is 6.85. The molecule has 0 fully saturated rings. The number of ether oxygens (including phenoxy) is 1. The minimum Gasteiger partial charge on any atom is -0.480 e. The predicted octanol–water partition coefficient (Wildman–Crippen LogP) is 4.33. The van der Waals surface area contributed by atoms with Crippen molar-refractivity contribution in [1.29, 1.82) is 0 Å². The van der Waals surface area contributed by atoms with Gasteiger partial charge in [0.05, 0.1) is 22.0 Å². The summed E-state index contributed by atoms with van der Waals surface area (Å²) in [4.78, 5) is 0.724. The summed E-state index contributed by atoms with van der Waals surface area (Å²) in [6.07, 6.45) is 0.723. The number of rotatable bonds is 5. The Hall–Kier alpha value is -2.64. The lowest BCUT2D eigenvalue weighted by molar-refractivity contribution is 0.243. The number of nitrogens with one attached hydrogen (secondary N) is 1. The molecule has 1 aliphatic heterocycles. The first-order valence-electron chi connectivity index (χ1n) is 9.22. The van der Waals surface area contributed by atoms with Gasteiger partial charge in [-0.2, -0.15) is 0 Å². The molecular weight excluding hydrogens is 406 g/mol. The van der Waals surface area contributed by atoms with Crippen molar-refractivity contribution in [2.24, 2.45) is 0 Å². The molecule has 0 saturated carbocycles. The lowest BCUT2D eigenvalue weighted by Crippen LogP contribution is -2.18. The van der Waals surface area contributed by atoms with E-state index in [1.165, 1.54) is 0 Å². The second-order valence-corrected chi connectivity index (χ2v) is 10.3. The van der Waals surface area contributed by atoms with Crippen LogP contribution in [0.5, 0.6) is 5.75 Å². The molecule has 0 bridgehead atoms. The van der Waals surface area contributed by atoms with E-state index in [0.29, 0.717) is 17.2 Å². The van der Waals surface area contributed by atoms with Crippen molar-refractivity contribution < 1.29 is 17.4 Å². The van der Waals surface area contributed by atoms with Crippen molar-refractivity contribution >= 4 is 26.5 Å². The first-order chi connectivity index (χ1) is 13.9. The highest BCUT2D eigenvalue weighted by atomic mass is 32.2. The quantitative estimate of drug-likeness (QED) is 0.658. The average molecular weight is 428 g/mol. The summed E-state index contributed by atoms with van der Waals surface area (Å²) in [6, 6.07) is 20.8. The Morgan fingerprint density at radius 1 is 1.03 bits per heavy atom. The summed E-state index contributed by atoms with van der Waals surface area (Å²) in [6.45, 7) is 1.88. The summed E-state index contributed by atoms with van der Waals surface area (Å²) < 4.78 is 45.0. The number of hydrogen-bond donors (Lipinski definition) is 1. The molecule has 3 aromatic carbocycles. The number of hydrogen-bond acceptors (Lipinski definition) is 4. The Bertz CT molecular complexity index is 1190. The van der Waals surface area contributed by atoms with Crippen molar-refractivity contribution in [3.63, 3.8) is 0 Å². The highest BCUT2D eigenvalue weighted by molar-refractivity contribution is 7.92. The zero-order valence-electron chi connectivity index (χ0n) is 16.1. The molecule has 5 nitrogen and oxygen atoms in total. The fourth-order valence-electron chi connectivity index (χ4n) is 3.57. The van der Waals surface area contributed by atoms with Gasteiger partial charge in [-0.25, -0.2) is 8.42 Å². The third-order valence-electron chi connectivity index (χ3n) is 4.75. The molecule has 2 unspecified atom stereocenters. The van der Waals surface area contributed by atoms with Crippen LogP contribution in [0.3, 0.4) is 0 Å². The molecule has 0 spiro atoms. The largest absolute Gasteiger partial charge is 0.480 e. The van der Waals surface area contributed by atoms with Crippen LogP contribution in [0.15, 0.2) is 71.6 Å². The van der Waals surface area contributed by atoms with Gasteiger partial charge >= 0.3 is 0 Å². The lowest BCUT2D eigenvalue weighted by Gasteiger charge is -2.30. The predicted molar refractivity (Wildman–Crippen MR) is 116 cm³/mol. The van der Waals surface area contributed by atoms with Crippen molar-refractivity contribution in [3.05, 3.63) is 77.9 Å². The monoisotopic (exact) mass is 427 g/mol. The van der Waals surface area contributed by atoms with E-state index < -0.39 is 26.9 Å². The van der Waals surface area contributed by atoms with Crippen molar-refractivity contribution in [2.75, 3.05) is 16.7 Å². The van der Waals surface area contributed by atoms with Crippen LogP contribution in [-0.2, 0) is 20.8 Å². The van der Waals surface area contributed by atoms with Crippen LogP contribution < -0.4 is 9.46 Å². The van der Waals surface area contributed by atoms with Gasteiger partial charge in [0.15, 0.2) is 0 Å². The molecule has 0 aliphatic carbocycles. The topological polar surface area (TPSA) is 72.5 Å². The standard InChI is InChI=1S/C22H21NO4S2/c1-3-28(24)20-11-7-10-19-21(20)17-13-12-16(23-29(2,25)26)14-18(17)22(27-19)15-8-5-4-6-9-15/h4-14,22-23H,3H2,1-2H3. The number of anilines is 1. The number of sulfonamides is 1. The molecular formula is C22H21NO4S2. The van der Waals surface area contributed by atoms with Crippen molar-refractivity contribution in [3.8, 4) is 16.9 Å². The summed E-state index contributed by atoms with van der Waals surface area (Å²) in [7, 11) is -4.57. The fourth-order valence-corrected chi connectivity index (χ4v) is 5.11. The van der Waals surface area contributed by atoms with Gasteiger partial charge < -0.3 is 4.74 Å². The summed E-state index contributed by atoms with van der Waals surface area (Å²) in [5, 5.41) is 0. The van der Waals surface area contributed by atoms with Gasteiger partial charge in [0.1, 0.15) is 11.9 Å². The Kier molecular flexibility index (Phi) is 5.19. The van der Waals surface area contributed by atoms with Crippen molar-refractivity contribution in [1.82, 2.24) is 0 Å². The normalized spacial score (nSPS) is 16.3. The molecule has 7 heteroatoms. The fraction of sp³-hybridized carbons (Fsp3) is 0.182. The molecule has 0 saturated heterocycles. The van der Waals surface area contributed by atoms with Crippen LogP contribution in [0, 0.1) is 0 Å². The van der Waals surface area contributed by atoms with Gasteiger partial charge in [0, 0.05) is 22.6 Å². The maximum Gasteiger partial charge on any atom is 0.229 e. The molecule has 0 amide bonds. The lowest BCUT2D eigenvalue weighted by atomic mass is 9.89. The molecule has 0 aromatic heterocycles. The SMILES string of the molecule is CCS(=O)c1cccc2c1-c1ccc(NS(C)(=O)=O)cc1C(c1ccccc1)O2. The van der Waals surface area contributed by atoms with Gasteiger partial charge in [-0.1, -0.05) is 49.4 Å². The van der Waals surface area contributed by atoms with Crippen LogP contribution in [0.4, 0.5) is 5.69 Å². The minimum absolute atomic E-state index is 0.398. The highest BCUT2D eigenvalue weighted by Crippen LogP contribution is 2.47. The van der Waals surface area contributed by atoms with E-state index in [2.05, 4.69) is 4.72 Å². The van der Waals surface area contributed by atoms with E-state index in [1.54, 1.807) is 12.1 Å². The summed E-state index contributed by atoms with van der Waals surface area (Å²) in [5.74, 6) is 1.18. The molecule has 3 aromatic rings. The smallest absolute Gasteiger partial charge is 0.229 e.